The molecule has 6 nitrogen and oxygen atoms in total. The fourth-order valence-electron chi connectivity index (χ4n) is 2.77. The largest absolute Gasteiger partial charge is 0.496 e. The summed E-state index contributed by atoms with van der Waals surface area (Å²) in [5, 5.41) is 5.49. The number of ether oxygens (including phenoxy) is 1. The highest BCUT2D eigenvalue weighted by atomic mass is 16.5. The number of benzene rings is 2. The van der Waals surface area contributed by atoms with Gasteiger partial charge in [-0.25, -0.2) is 0 Å². The Morgan fingerprint density at radius 3 is 2.62 bits per heavy atom. The second kappa shape index (κ2) is 9.41. The second-order valence-corrected chi connectivity index (χ2v) is 6.39. The number of hydrogen-bond acceptors (Lipinski definition) is 4. The molecule has 3 rings (SSSR count). The number of aryl methyl sites for hydroxylation is 1. The molecule has 0 radical (unpaired) electrons. The van der Waals surface area contributed by atoms with Gasteiger partial charge in [0, 0.05) is 23.7 Å². The van der Waals surface area contributed by atoms with Gasteiger partial charge in [0.2, 0.25) is 0 Å². The lowest BCUT2D eigenvalue weighted by Crippen LogP contribution is -2.34. The maximum Gasteiger partial charge on any atom is 0.268 e. The third-order valence-corrected chi connectivity index (χ3v) is 4.23. The molecule has 29 heavy (non-hydrogen) atoms. The Labute approximate surface area is 169 Å². The zero-order chi connectivity index (χ0) is 20.6. The smallest absolute Gasteiger partial charge is 0.268 e. The molecule has 0 aliphatic carbocycles. The highest BCUT2D eigenvalue weighted by Gasteiger charge is 2.16. The predicted molar refractivity (Wildman–Crippen MR) is 110 cm³/mol. The highest BCUT2D eigenvalue weighted by Crippen LogP contribution is 2.17. The summed E-state index contributed by atoms with van der Waals surface area (Å²) in [5.74, 6) is 0.317. The number of carbonyl (C=O) groups excluding carboxylic acids is 2. The highest BCUT2D eigenvalue weighted by molar-refractivity contribution is 6.05. The van der Waals surface area contributed by atoms with Gasteiger partial charge in [-0.2, -0.15) is 0 Å². The van der Waals surface area contributed by atoms with E-state index in [1.54, 1.807) is 37.4 Å². The number of methoxy groups -OCH3 is 1. The van der Waals surface area contributed by atoms with Crippen LogP contribution in [-0.2, 0) is 11.3 Å². The van der Waals surface area contributed by atoms with E-state index < -0.39 is 5.91 Å². The lowest BCUT2D eigenvalue weighted by atomic mass is 10.1. The number of hydrogen-bond donors (Lipinski definition) is 2. The average Bonchev–Trinajstić information content (AvgIpc) is 3.24. The summed E-state index contributed by atoms with van der Waals surface area (Å²) >= 11 is 0. The Bertz CT molecular complexity index is 1020. The van der Waals surface area contributed by atoms with E-state index in [1.807, 2.05) is 37.3 Å². The number of furan rings is 1. The van der Waals surface area contributed by atoms with Crippen molar-refractivity contribution >= 4 is 17.9 Å². The molecule has 2 amide bonds. The first-order chi connectivity index (χ1) is 14.1. The van der Waals surface area contributed by atoms with Crippen molar-refractivity contribution < 1.29 is 18.7 Å². The average molecular weight is 390 g/mol. The number of carbonyl (C=O) groups is 2. The molecule has 1 heterocycles. The third-order valence-electron chi connectivity index (χ3n) is 4.23. The number of nitrogens with one attached hydrogen (secondary N) is 2. The second-order valence-electron chi connectivity index (χ2n) is 6.39. The molecule has 0 unspecified atom stereocenters. The monoisotopic (exact) mass is 390 g/mol. The van der Waals surface area contributed by atoms with Gasteiger partial charge in [0.05, 0.1) is 13.4 Å². The van der Waals surface area contributed by atoms with Gasteiger partial charge in [-0.05, 0) is 37.3 Å². The third kappa shape index (κ3) is 5.35. The van der Waals surface area contributed by atoms with Gasteiger partial charge in [-0.15, -0.1) is 0 Å². The van der Waals surface area contributed by atoms with Crippen LogP contribution in [0.3, 0.4) is 0 Å². The molecule has 0 saturated carbocycles. The van der Waals surface area contributed by atoms with Crippen LogP contribution in [0.1, 0.15) is 27.2 Å². The maximum atomic E-state index is 12.8. The molecule has 0 saturated heterocycles. The first-order valence-corrected chi connectivity index (χ1v) is 9.10. The maximum absolute atomic E-state index is 12.8. The van der Waals surface area contributed by atoms with Crippen LogP contribution in [-0.4, -0.2) is 18.9 Å². The van der Waals surface area contributed by atoms with E-state index in [-0.39, 0.29) is 18.1 Å². The normalized spacial score (nSPS) is 11.0. The summed E-state index contributed by atoms with van der Waals surface area (Å²) in [6.45, 7) is 2.15. The number of amides is 2. The molecule has 1 aromatic heterocycles. The Morgan fingerprint density at radius 2 is 1.90 bits per heavy atom. The summed E-state index contributed by atoms with van der Waals surface area (Å²) < 4.78 is 10.6. The van der Waals surface area contributed by atoms with E-state index in [4.69, 9.17) is 9.15 Å². The molecule has 6 heteroatoms. The first-order valence-electron chi connectivity index (χ1n) is 9.10. The summed E-state index contributed by atoms with van der Waals surface area (Å²) in [6, 6.07) is 18.0. The molecule has 2 N–H and O–H groups in total. The standard InChI is InChI=1S/C23H22N2O4/c1-16-7-5-9-17(13-16)22(26)25-20(14-19-10-6-12-29-19)23(27)24-15-18-8-3-4-11-21(18)28-2/h3-14H,15H2,1-2H3,(H,24,27)(H,25,26)/b20-14-. The molecule has 148 valence electrons. The van der Waals surface area contributed by atoms with Crippen LogP contribution in [0.2, 0.25) is 0 Å². The SMILES string of the molecule is COc1ccccc1CNC(=O)/C(=C/c1ccco1)NC(=O)c1cccc(C)c1. The molecular weight excluding hydrogens is 368 g/mol. The van der Waals surface area contributed by atoms with Crippen molar-refractivity contribution in [2.75, 3.05) is 7.11 Å². The molecular formula is C23H22N2O4. The van der Waals surface area contributed by atoms with E-state index in [2.05, 4.69) is 10.6 Å². The Hall–Kier alpha value is -3.80. The van der Waals surface area contributed by atoms with Crippen molar-refractivity contribution in [2.24, 2.45) is 0 Å². The van der Waals surface area contributed by atoms with E-state index >= 15 is 0 Å². The quantitative estimate of drug-likeness (QED) is 0.603. The summed E-state index contributed by atoms with van der Waals surface area (Å²) in [7, 11) is 1.57. The molecule has 3 aromatic rings. The van der Waals surface area contributed by atoms with Crippen LogP contribution in [0, 0.1) is 6.92 Å². The van der Waals surface area contributed by atoms with Gasteiger partial charge in [-0.3, -0.25) is 9.59 Å². The summed E-state index contributed by atoms with van der Waals surface area (Å²) in [6.07, 6.45) is 2.99. The zero-order valence-corrected chi connectivity index (χ0v) is 16.3. The molecule has 0 atom stereocenters. The van der Waals surface area contributed by atoms with Gasteiger partial charge in [0.15, 0.2) is 0 Å². The minimum absolute atomic E-state index is 0.0846. The lowest BCUT2D eigenvalue weighted by Gasteiger charge is -2.12. The fraction of sp³-hybridized carbons (Fsp3) is 0.130. The number of rotatable bonds is 7. The minimum Gasteiger partial charge on any atom is -0.496 e. The van der Waals surface area contributed by atoms with Crippen molar-refractivity contribution in [3.8, 4) is 5.75 Å². The molecule has 0 aliphatic heterocycles. The van der Waals surface area contributed by atoms with Gasteiger partial charge in [0.25, 0.3) is 11.8 Å². The fourth-order valence-corrected chi connectivity index (χ4v) is 2.77. The van der Waals surface area contributed by atoms with Crippen LogP contribution in [0.25, 0.3) is 6.08 Å². The van der Waals surface area contributed by atoms with E-state index in [9.17, 15) is 9.59 Å². The molecule has 0 fully saturated rings. The van der Waals surface area contributed by atoms with Crippen molar-refractivity contribution in [1.82, 2.24) is 10.6 Å². The molecule has 0 spiro atoms. The Kier molecular flexibility index (Phi) is 6.47. The van der Waals surface area contributed by atoms with Crippen LogP contribution < -0.4 is 15.4 Å². The van der Waals surface area contributed by atoms with E-state index in [0.29, 0.717) is 17.1 Å². The van der Waals surface area contributed by atoms with Crippen LogP contribution in [0.15, 0.2) is 77.0 Å². The van der Waals surface area contributed by atoms with Gasteiger partial charge in [-0.1, -0.05) is 35.9 Å². The molecule has 2 aromatic carbocycles. The zero-order valence-electron chi connectivity index (χ0n) is 16.3. The Balaban J connectivity index is 1.78. The van der Waals surface area contributed by atoms with E-state index in [1.165, 1.54) is 12.3 Å². The van der Waals surface area contributed by atoms with Gasteiger partial charge in [0.1, 0.15) is 17.2 Å². The minimum atomic E-state index is -0.437. The van der Waals surface area contributed by atoms with Crippen molar-refractivity contribution in [1.29, 1.82) is 0 Å². The van der Waals surface area contributed by atoms with Crippen LogP contribution in [0.5, 0.6) is 5.75 Å². The van der Waals surface area contributed by atoms with Crippen LogP contribution in [0.4, 0.5) is 0 Å². The summed E-state index contributed by atoms with van der Waals surface area (Å²) in [4.78, 5) is 25.4. The van der Waals surface area contributed by atoms with Crippen molar-refractivity contribution in [2.45, 2.75) is 13.5 Å². The van der Waals surface area contributed by atoms with Crippen LogP contribution >= 0.6 is 0 Å². The van der Waals surface area contributed by atoms with Gasteiger partial charge >= 0.3 is 0 Å². The predicted octanol–water partition coefficient (Wildman–Crippen LogP) is 3.68. The molecule has 0 bridgehead atoms. The van der Waals surface area contributed by atoms with E-state index in [0.717, 1.165) is 11.1 Å². The lowest BCUT2D eigenvalue weighted by molar-refractivity contribution is -0.117. The van der Waals surface area contributed by atoms with Gasteiger partial charge < -0.3 is 19.8 Å². The molecule has 0 aliphatic rings. The first kappa shape index (κ1) is 19.9. The van der Waals surface area contributed by atoms with Crippen molar-refractivity contribution in [3.05, 3.63) is 95.1 Å². The topological polar surface area (TPSA) is 80.6 Å². The summed E-state index contributed by atoms with van der Waals surface area (Å²) in [5.41, 5.74) is 2.33. The van der Waals surface area contributed by atoms with Crippen molar-refractivity contribution in [3.63, 3.8) is 0 Å². The number of para-hydroxylation sites is 1. The Morgan fingerprint density at radius 1 is 1.07 bits per heavy atom.